The van der Waals surface area contributed by atoms with E-state index >= 15 is 0 Å². The minimum atomic E-state index is -4.90. The number of aromatic nitrogens is 2. The lowest BCUT2D eigenvalue weighted by atomic mass is 10.1. The number of nitrogens with zero attached hydrogens (tertiary/aromatic N) is 2. The van der Waals surface area contributed by atoms with Gasteiger partial charge >= 0.3 is 0 Å². The highest BCUT2D eigenvalue weighted by molar-refractivity contribution is 7.86. The number of rotatable bonds is 8. The molecule has 0 spiro atoms. The first kappa shape index (κ1) is 33.7. The molecule has 50 heavy (non-hydrogen) atoms. The molecule has 0 saturated carbocycles. The van der Waals surface area contributed by atoms with Crippen molar-refractivity contribution in [1.29, 1.82) is 0 Å². The highest BCUT2D eigenvalue weighted by Crippen LogP contribution is 2.31. The van der Waals surface area contributed by atoms with Gasteiger partial charge in [0.2, 0.25) is 0 Å². The van der Waals surface area contributed by atoms with Gasteiger partial charge in [-0.1, -0.05) is 48.6 Å². The fourth-order valence-electron chi connectivity index (χ4n) is 5.15. The summed E-state index contributed by atoms with van der Waals surface area (Å²) in [6.07, 6.45) is 5.19. The van der Waals surface area contributed by atoms with Crippen molar-refractivity contribution in [3.8, 4) is 11.5 Å². The molecule has 6 rings (SSSR count). The van der Waals surface area contributed by atoms with E-state index in [4.69, 9.17) is 0 Å². The molecule has 14 nitrogen and oxygen atoms in total. The average molecular weight is 713 g/mol. The third kappa shape index (κ3) is 6.85. The van der Waals surface area contributed by atoms with Gasteiger partial charge in [-0.3, -0.25) is 28.7 Å². The van der Waals surface area contributed by atoms with Gasteiger partial charge in [-0.25, -0.2) is 0 Å². The molecule has 6 N–H and O–H groups in total. The highest BCUT2D eigenvalue weighted by Gasteiger charge is 2.21. The molecule has 0 saturated heterocycles. The van der Waals surface area contributed by atoms with E-state index in [-0.39, 0.29) is 56.2 Å². The minimum absolute atomic E-state index is 0.0627. The molecular formula is C34H24N4O10S2. The Bertz CT molecular complexity index is 2440. The maximum Gasteiger partial charge on any atom is 0.295 e. The lowest BCUT2D eigenvalue weighted by Crippen LogP contribution is -2.13. The Morgan fingerprint density at radius 2 is 0.980 bits per heavy atom. The Kier molecular flexibility index (Phi) is 8.77. The number of pyridine rings is 2. The number of carbonyl (C=O) groups is 2. The summed E-state index contributed by atoms with van der Waals surface area (Å²) in [5.41, 5.74) is -0.292. The molecule has 0 radical (unpaired) electrons. The number of phenols is 2. The lowest BCUT2D eigenvalue weighted by molar-refractivity contribution is 0.101. The monoisotopic (exact) mass is 712 g/mol. The van der Waals surface area contributed by atoms with Gasteiger partial charge in [-0.05, 0) is 59.7 Å². The van der Waals surface area contributed by atoms with E-state index < -0.39 is 41.8 Å². The van der Waals surface area contributed by atoms with Crippen LogP contribution in [0.2, 0.25) is 0 Å². The Morgan fingerprint density at radius 3 is 1.36 bits per heavy atom. The molecule has 2 amide bonds. The maximum absolute atomic E-state index is 13.0. The molecule has 0 aliphatic heterocycles. The zero-order valence-corrected chi connectivity index (χ0v) is 27.0. The van der Waals surface area contributed by atoms with Gasteiger partial charge in [0.15, 0.2) is 11.5 Å². The number of hydrogen-bond acceptors (Lipinski definition) is 10. The summed E-state index contributed by atoms with van der Waals surface area (Å²) in [4.78, 5) is 32.7. The Balaban J connectivity index is 1.27. The summed E-state index contributed by atoms with van der Waals surface area (Å²) in [6, 6.07) is 19.6. The summed E-state index contributed by atoms with van der Waals surface area (Å²) in [5, 5.41) is 27.2. The molecule has 4 aromatic carbocycles. The van der Waals surface area contributed by atoms with Gasteiger partial charge in [0.05, 0.1) is 11.1 Å². The number of nitrogens with one attached hydrogen (secondary N) is 2. The van der Waals surface area contributed by atoms with Crippen molar-refractivity contribution >= 4 is 77.4 Å². The first-order valence-corrected chi connectivity index (χ1v) is 17.3. The number of aromatic hydroxyl groups is 2. The molecule has 0 bridgehead atoms. The van der Waals surface area contributed by atoms with Crippen LogP contribution in [0.25, 0.3) is 34.0 Å². The number of anilines is 2. The SMILES string of the molecule is O=C(Nc1ccc(C=Cc2ccc(NC(=O)c3ccc4cccnc4c3O)cc2S(=O)(=O)O)c(S(=O)(=O)O)c1)c1ccc2cccnc2c1O. The summed E-state index contributed by atoms with van der Waals surface area (Å²) in [5.74, 6) is -2.37. The second-order valence-electron chi connectivity index (χ2n) is 10.8. The second-order valence-corrected chi connectivity index (χ2v) is 13.6. The number of carbonyl (C=O) groups excluding carboxylic acids is 2. The van der Waals surface area contributed by atoms with Crippen molar-refractivity contribution in [2.75, 3.05) is 10.6 Å². The zero-order valence-electron chi connectivity index (χ0n) is 25.3. The van der Waals surface area contributed by atoms with Crippen molar-refractivity contribution < 1.29 is 45.7 Å². The summed E-state index contributed by atoms with van der Waals surface area (Å²) >= 11 is 0. The number of hydrogen-bond donors (Lipinski definition) is 6. The third-order valence-corrected chi connectivity index (χ3v) is 9.34. The van der Waals surface area contributed by atoms with E-state index in [2.05, 4.69) is 20.6 Å². The predicted octanol–water partition coefficient (Wildman–Crippen LogP) is 5.36. The topological polar surface area (TPSA) is 233 Å². The van der Waals surface area contributed by atoms with E-state index in [1.807, 2.05) is 0 Å². The van der Waals surface area contributed by atoms with Gasteiger partial charge in [0.25, 0.3) is 32.1 Å². The number of fused-ring (bicyclic) bond motifs is 2. The van der Waals surface area contributed by atoms with E-state index in [9.17, 15) is 45.7 Å². The first-order chi connectivity index (χ1) is 23.7. The number of amides is 2. The molecule has 0 aliphatic carbocycles. The van der Waals surface area contributed by atoms with E-state index in [1.165, 1.54) is 48.8 Å². The van der Waals surface area contributed by atoms with Crippen LogP contribution in [0.5, 0.6) is 11.5 Å². The van der Waals surface area contributed by atoms with E-state index in [0.29, 0.717) is 10.8 Å². The van der Waals surface area contributed by atoms with Crippen LogP contribution < -0.4 is 10.6 Å². The Labute approximate surface area is 283 Å². The Morgan fingerprint density at radius 1 is 0.580 bits per heavy atom. The van der Waals surface area contributed by atoms with Crippen LogP contribution in [0.3, 0.4) is 0 Å². The number of phenolic OH excluding ortho intramolecular Hbond substituents is 2. The molecule has 0 aliphatic rings. The molecule has 2 heterocycles. The van der Waals surface area contributed by atoms with E-state index in [0.717, 1.165) is 24.3 Å². The predicted molar refractivity (Wildman–Crippen MR) is 184 cm³/mol. The maximum atomic E-state index is 13.0. The second kappa shape index (κ2) is 13.0. The summed E-state index contributed by atoms with van der Waals surface area (Å²) < 4.78 is 69.2. The molecule has 16 heteroatoms. The first-order valence-electron chi connectivity index (χ1n) is 14.4. The van der Waals surface area contributed by atoms with Crippen LogP contribution in [0.4, 0.5) is 11.4 Å². The summed E-state index contributed by atoms with van der Waals surface area (Å²) in [6.45, 7) is 0. The minimum Gasteiger partial charge on any atom is -0.505 e. The molecule has 6 aromatic rings. The van der Waals surface area contributed by atoms with Gasteiger partial charge in [0.1, 0.15) is 20.8 Å². The van der Waals surface area contributed by atoms with Crippen LogP contribution in [0.15, 0.2) is 107 Å². The smallest absolute Gasteiger partial charge is 0.295 e. The molecular weight excluding hydrogens is 689 g/mol. The summed E-state index contributed by atoms with van der Waals surface area (Å²) in [7, 11) is -9.80. The lowest BCUT2D eigenvalue weighted by Gasteiger charge is -2.12. The zero-order chi connectivity index (χ0) is 35.8. The molecule has 0 unspecified atom stereocenters. The quantitative estimate of drug-likeness (QED) is 0.0864. The van der Waals surface area contributed by atoms with Crippen molar-refractivity contribution in [3.63, 3.8) is 0 Å². The highest BCUT2D eigenvalue weighted by atomic mass is 32.2. The molecule has 2 aromatic heterocycles. The van der Waals surface area contributed by atoms with Crippen LogP contribution in [-0.2, 0) is 20.2 Å². The van der Waals surface area contributed by atoms with Crippen molar-refractivity contribution in [2.24, 2.45) is 0 Å². The largest absolute Gasteiger partial charge is 0.505 e. The van der Waals surface area contributed by atoms with Crippen molar-refractivity contribution in [1.82, 2.24) is 9.97 Å². The standard InChI is InChI=1S/C34H24N4O10S2/c39-31-25(13-9-21-3-1-15-35-29(21)31)33(41)37-23-11-7-19(27(17-23)49(43,44)45)5-6-20-8-12-24(18-28(20)50(46,47)48)38-34(42)26-14-10-22-4-2-16-36-30(22)32(26)40/h1-18,39-40H,(H,37,41)(H,38,42)(H,43,44,45)(H,46,47,48). The van der Waals surface area contributed by atoms with Gasteiger partial charge in [-0.15, -0.1) is 0 Å². The third-order valence-electron chi connectivity index (χ3n) is 7.53. The van der Waals surface area contributed by atoms with Crippen LogP contribution in [-0.4, -0.2) is 57.9 Å². The average Bonchev–Trinajstić information content (AvgIpc) is 3.07. The molecule has 252 valence electrons. The molecule has 0 fully saturated rings. The molecule has 0 atom stereocenters. The Hall–Kier alpha value is -6.20. The van der Waals surface area contributed by atoms with Crippen LogP contribution >= 0.6 is 0 Å². The van der Waals surface area contributed by atoms with Gasteiger partial charge < -0.3 is 20.8 Å². The van der Waals surface area contributed by atoms with Crippen LogP contribution in [0.1, 0.15) is 31.8 Å². The van der Waals surface area contributed by atoms with Crippen molar-refractivity contribution in [3.05, 3.63) is 120 Å². The van der Waals surface area contributed by atoms with E-state index in [1.54, 1.807) is 36.4 Å². The van der Waals surface area contributed by atoms with Gasteiger partial charge in [-0.2, -0.15) is 16.8 Å². The normalized spacial score (nSPS) is 12.0. The fourth-order valence-corrected chi connectivity index (χ4v) is 6.57. The fraction of sp³-hybridized carbons (Fsp3) is 0. The van der Waals surface area contributed by atoms with Crippen molar-refractivity contribution in [2.45, 2.75) is 9.79 Å². The number of benzene rings is 4. The van der Waals surface area contributed by atoms with Crippen LogP contribution in [0, 0.1) is 0 Å². The van der Waals surface area contributed by atoms with Gasteiger partial charge in [0, 0.05) is 34.5 Å².